The first-order valence-electron chi connectivity index (χ1n) is 5.64. The Hall–Kier alpha value is -0.760. The van der Waals surface area contributed by atoms with Gasteiger partial charge in [-0.1, -0.05) is 18.6 Å². The largest absolute Gasteiger partial charge is 0.357 e. The minimum Gasteiger partial charge on any atom is -0.357 e. The number of aromatic nitrogens is 1. The third-order valence-corrected chi connectivity index (χ3v) is 3.99. The van der Waals surface area contributed by atoms with Crippen LogP contribution in [-0.4, -0.2) is 4.98 Å². The van der Waals surface area contributed by atoms with Gasteiger partial charge in [-0.25, -0.2) is 0 Å². The van der Waals surface area contributed by atoms with Gasteiger partial charge in [0, 0.05) is 15.6 Å². The minimum absolute atomic E-state index is 1.19. The van der Waals surface area contributed by atoms with Crippen molar-refractivity contribution in [2.45, 2.75) is 32.1 Å². The van der Waals surface area contributed by atoms with E-state index >= 15 is 0 Å². The molecule has 1 heterocycles. The summed E-state index contributed by atoms with van der Waals surface area (Å²) in [5.74, 6) is 0. The first-order chi connectivity index (χ1) is 7.36. The average molecular weight is 264 g/mol. The fourth-order valence-electron chi connectivity index (χ4n) is 2.57. The number of H-pyrrole nitrogens is 1. The molecule has 15 heavy (non-hydrogen) atoms. The summed E-state index contributed by atoms with van der Waals surface area (Å²) in [6, 6.07) is 6.48. The highest BCUT2D eigenvalue weighted by Crippen LogP contribution is 2.31. The maximum atomic E-state index is 3.61. The molecule has 0 fully saturated rings. The molecule has 1 aromatic heterocycles. The van der Waals surface area contributed by atoms with Crippen molar-refractivity contribution in [3.8, 4) is 0 Å². The maximum absolute atomic E-state index is 3.61. The Morgan fingerprint density at radius 2 is 1.93 bits per heavy atom. The van der Waals surface area contributed by atoms with Crippen LogP contribution in [0, 0.1) is 0 Å². The molecule has 2 aromatic rings. The number of nitrogens with one attached hydrogen (secondary N) is 1. The Labute approximate surface area is 98.0 Å². The number of benzene rings is 1. The number of para-hydroxylation sites is 1. The molecule has 0 saturated heterocycles. The highest BCUT2D eigenvalue weighted by molar-refractivity contribution is 9.10. The molecule has 0 bridgehead atoms. The van der Waals surface area contributed by atoms with Crippen molar-refractivity contribution in [3.63, 3.8) is 0 Å². The SMILES string of the molecule is Brc1cccc2c3c([nH]c12)CCCCC3. The number of hydrogen-bond donors (Lipinski definition) is 1. The summed E-state index contributed by atoms with van der Waals surface area (Å²) in [5, 5.41) is 1.42. The fourth-order valence-corrected chi connectivity index (χ4v) is 3.04. The van der Waals surface area contributed by atoms with Crippen molar-refractivity contribution < 1.29 is 0 Å². The van der Waals surface area contributed by atoms with E-state index in [9.17, 15) is 0 Å². The zero-order valence-corrected chi connectivity index (χ0v) is 10.2. The Kier molecular flexibility index (Phi) is 2.32. The smallest absolute Gasteiger partial charge is 0.0603 e. The van der Waals surface area contributed by atoms with Crippen LogP contribution in [0.1, 0.15) is 30.5 Å². The van der Waals surface area contributed by atoms with Crippen LogP contribution in [0.4, 0.5) is 0 Å². The predicted molar refractivity (Wildman–Crippen MR) is 67.3 cm³/mol. The van der Waals surface area contributed by atoms with Gasteiger partial charge in [0.1, 0.15) is 0 Å². The molecule has 1 aromatic carbocycles. The lowest BCUT2D eigenvalue weighted by atomic mass is 10.1. The van der Waals surface area contributed by atoms with Gasteiger partial charge in [-0.15, -0.1) is 0 Å². The van der Waals surface area contributed by atoms with Crippen molar-refractivity contribution in [2.24, 2.45) is 0 Å². The Morgan fingerprint density at radius 1 is 1.07 bits per heavy atom. The minimum atomic E-state index is 1.19. The molecule has 0 aliphatic heterocycles. The fraction of sp³-hybridized carbons (Fsp3) is 0.385. The van der Waals surface area contributed by atoms with Gasteiger partial charge in [0.05, 0.1) is 5.52 Å². The number of aryl methyl sites for hydroxylation is 2. The molecular formula is C13H14BrN. The maximum Gasteiger partial charge on any atom is 0.0603 e. The van der Waals surface area contributed by atoms with Gasteiger partial charge < -0.3 is 4.98 Å². The summed E-state index contributed by atoms with van der Waals surface area (Å²) >= 11 is 3.61. The second kappa shape index (κ2) is 3.67. The number of hydrogen-bond acceptors (Lipinski definition) is 0. The standard InChI is InChI=1S/C13H14BrN/c14-11-7-4-6-10-9-5-2-1-3-8-12(9)15-13(10)11/h4,6-7,15H,1-3,5,8H2. The Morgan fingerprint density at radius 3 is 2.87 bits per heavy atom. The summed E-state index contributed by atoms with van der Waals surface area (Å²) in [7, 11) is 0. The summed E-state index contributed by atoms with van der Waals surface area (Å²) in [6.45, 7) is 0. The molecule has 78 valence electrons. The van der Waals surface area contributed by atoms with Crippen LogP contribution in [0.2, 0.25) is 0 Å². The van der Waals surface area contributed by atoms with Crippen LogP contribution in [0.25, 0.3) is 10.9 Å². The Bertz CT molecular complexity index is 498. The van der Waals surface area contributed by atoms with Crippen molar-refractivity contribution in [3.05, 3.63) is 33.9 Å². The molecular weight excluding hydrogens is 250 g/mol. The topological polar surface area (TPSA) is 15.8 Å². The van der Waals surface area contributed by atoms with Gasteiger partial charge in [-0.2, -0.15) is 0 Å². The quantitative estimate of drug-likeness (QED) is 0.686. The molecule has 2 heteroatoms. The zero-order chi connectivity index (χ0) is 10.3. The first-order valence-corrected chi connectivity index (χ1v) is 6.43. The Balaban J connectivity index is 2.28. The van der Waals surface area contributed by atoms with Crippen LogP contribution in [-0.2, 0) is 12.8 Å². The lowest BCUT2D eigenvalue weighted by Gasteiger charge is -1.97. The molecule has 0 saturated carbocycles. The third kappa shape index (κ3) is 1.51. The van der Waals surface area contributed by atoms with Crippen molar-refractivity contribution in [1.82, 2.24) is 4.98 Å². The number of aromatic amines is 1. The summed E-state index contributed by atoms with van der Waals surface area (Å²) < 4.78 is 1.19. The van der Waals surface area contributed by atoms with E-state index in [0.717, 1.165) is 0 Å². The molecule has 0 atom stereocenters. The number of fused-ring (bicyclic) bond motifs is 3. The first kappa shape index (κ1) is 9.46. The van der Waals surface area contributed by atoms with E-state index in [1.807, 2.05) is 0 Å². The van der Waals surface area contributed by atoms with E-state index in [1.54, 1.807) is 5.56 Å². The molecule has 3 rings (SSSR count). The van der Waals surface area contributed by atoms with E-state index in [1.165, 1.54) is 53.2 Å². The van der Waals surface area contributed by atoms with Crippen LogP contribution in [0.15, 0.2) is 22.7 Å². The molecule has 0 radical (unpaired) electrons. The molecule has 0 spiro atoms. The van der Waals surface area contributed by atoms with Gasteiger partial charge in [0.25, 0.3) is 0 Å². The van der Waals surface area contributed by atoms with Crippen LogP contribution in [0.3, 0.4) is 0 Å². The van der Waals surface area contributed by atoms with Crippen LogP contribution >= 0.6 is 15.9 Å². The van der Waals surface area contributed by atoms with E-state index in [0.29, 0.717) is 0 Å². The zero-order valence-electron chi connectivity index (χ0n) is 8.65. The van der Waals surface area contributed by atoms with Gasteiger partial charge >= 0.3 is 0 Å². The van der Waals surface area contributed by atoms with Crippen molar-refractivity contribution in [2.75, 3.05) is 0 Å². The predicted octanol–water partition coefficient (Wildman–Crippen LogP) is 4.20. The number of rotatable bonds is 0. The van der Waals surface area contributed by atoms with Crippen molar-refractivity contribution in [1.29, 1.82) is 0 Å². The summed E-state index contributed by atoms with van der Waals surface area (Å²) in [5.41, 5.74) is 4.31. The lowest BCUT2D eigenvalue weighted by molar-refractivity contribution is 0.708. The van der Waals surface area contributed by atoms with Crippen LogP contribution in [0.5, 0.6) is 0 Å². The second-order valence-corrected chi connectivity index (χ2v) is 5.16. The normalized spacial score (nSPS) is 16.3. The monoisotopic (exact) mass is 263 g/mol. The highest BCUT2D eigenvalue weighted by atomic mass is 79.9. The summed E-state index contributed by atoms with van der Waals surface area (Å²) in [6.07, 6.45) is 6.50. The van der Waals surface area contributed by atoms with Gasteiger partial charge in [0.15, 0.2) is 0 Å². The van der Waals surface area contributed by atoms with E-state index in [-0.39, 0.29) is 0 Å². The lowest BCUT2D eigenvalue weighted by Crippen LogP contribution is -1.86. The second-order valence-electron chi connectivity index (χ2n) is 4.31. The van der Waals surface area contributed by atoms with Gasteiger partial charge in [-0.3, -0.25) is 0 Å². The van der Waals surface area contributed by atoms with E-state index in [2.05, 4.69) is 39.1 Å². The van der Waals surface area contributed by atoms with Crippen molar-refractivity contribution >= 4 is 26.8 Å². The molecule has 1 aliphatic carbocycles. The highest BCUT2D eigenvalue weighted by Gasteiger charge is 2.14. The average Bonchev–Trinajstić information content (AvgIpc) is 2.45. The van der Waals surface area contributed by atoms with E-state index < -0.39 is 0 Å². The molecule has 1 N–H and O–H groups in total. The van der Waals surface area contributed by atoms with Crippen LogP contribution < -0.4 is 0 Å². The molecule has 0 unspecified atom stereocenters. The molecule has 1 nitrogen and oxygen atoms in total. The van der Waals surface area contributed by atoms with Gasteiger partial charge in [-0.05, 0) is 53.2 Å². The molecule has 1 aliphatic rings. The summed E-state index contributed by atoms with van der Waals surface area (Å²) in [4.78, 5) is 3.58. The third-order valence-electron chi connectivity index (χ3n) is 3.33. The van der Waals surface area contributed by atoms with E-state index in [4.69, 9.17) is 0 Å². The van der Waals surface area contributed by atoms with Gasteiger partial charge in [0.2, 0.25) is 0 Å². The molecule has 0 amide bonds. The number of halogens is 1.